The summed E-state index contributed by atoms with van der Waals surface area (Å²) in [5, 5.41) is 9.91. The third-order valence-electron chi connectivity index (χ3n) is 2.20. The minimum absolute atomic E-state index is 0.0963. The van der Waals surface area contributed by atoms with Crippen LogP contribution in [0.4, 0.5) is 8.78 Å². The standard InChI is InChI=1S/C12H16F2O2/c1-3-16-8-12(2,15)7-9-4-5-10(13)6-11(9)14/h4-6,15H,3,7-8H2,1-2H3. The summed E-state index contributed by atoms with van der Waals surface area (Å²) in [5.41, 5.74) is -0.861. The fraction of sp³-hybridized carbons (Fsp3) is 0.500. The maximum Gasteiger partial charge on any atom is 0.129 e. The van der Waals surface area contributed by atoms with Crippen LogP contribution < -0.4 is 0 Å². The van der Waals surface area contributed by atoms with Gasteiger partial charge in [-0.3, -0.25) is 0 Å². The summed E-state index contributed by atoms with van der Waals surface area (Å²) in [6.45, 7) is 3.99. The second-order valence-corrected chi connectivity index (χ2v) is 4.05. The van der Waals surface area contributed by atoms with Crippen LogP contribution in [0.5, 0.6) is 0 Å². The molecule has 16 heavy (non-hydrogen) atoms. The van der Waals surface area contributed by atoms with Gasteiger partial charge in [0.15, 0.2) is 0 Å². The zero-order valence-corrected chi connectivity index (χ0v) is 9.46. The van der Waals surface area contributed by atoms with Gasteiger partial charge >= 0.3 is 0 Å². The number of halogens is 2. The van der Waals surface area contributed by atoms with E-state index in [2.05, 4.69) is 0 Å². The Hall–Kier alpha value is -1.00. The van der Waals surface area contributed by atoms with Crippen LogP contribution in [0.25, 0.3) is 0 Å². The normalized spacial score (nSPS) is 14.8. The summed E-state index contributed by atoms with van der Waals surface area (Å²) in [6, 6.07) is 3.33. The molecule has 1 atom stereocenters. The zero-order valence-electron chi connectivity index (χ0n) is 9.46. The fourth-order valence-electron chi connectivity index (χ4n) is 1.45. The summed E-state index contributed by atoms with van der Waals surface area (Å²) < 4.78 is 31.1. The van der Waals surface area contributed by atoms with Crippen LogP contribution in [0.3, 0.4) is 0 Å². The lowest BCUT2D eigenvalue weighted by atomic mass is 9.97. The first-order chi connectivity index (χ1) is 7.44. The van der Waals surface area contributed by atoms with E-state index < -0.39 is 17.2 Å². The summed E-state index contributed by atoms with van der Waals surface area (Å²) in [6.07, 6.45) is 0.0963. The van der Waals surface area contributed by atoms with Gasteiger partial charge in [-0.25, -0.2) is 8.78 Å². The van der Waals surface area contributed by atoms with Gasteiger partial charge < -0.3 is 9.84 Å². The van der Waals surface area contributed by atoms with Crippen molar-refractivity contribution in [2.45, 2.75) is 25.9 Å². The monoisotopic (exact) mass is 230 g/mol. The summed E-state index contributed by atoms with van der Waals surface area (Å²) in [7, 11) is 0. The Bertz CT molecular complexity index is 351. The number of ether oxygens (including phenoxy) is 1. The maximum absolute atomic E-state index is 13.3. The third kappa shape index (κ3) is 3.87. The van der Waals surface area contributed by atoms with E-state index in [0.29, 0.717) is 6.61 Å². The second kappa shape index (κ2) is 5.37. The van der Waals surface area contributed by atoms with E-state index in [1.165, 1.54) is 12.1 Å². The zero-order chi connectivity index (χ0) is 12.2. The van der Waals surface area contributed by atoms with Crippen LogP contribution >= 0.6 is 0 Å². The van der Waals surface area contributed by atoms with Crippen molar-refractivity contribution in [1.29, 1.82) is 0 Å². The van der Waals surface area contributed by atoms with E-state index in [0.717, 1.165) is 6.07 Å². The van der Waals surface area contributed by atoms with Gasteiger partial charge in [0.25, 0.3) is 0 Å². The third-order valence-corrected chi connectivity index (χ3v) is 2.20. The van der Waals surface area contributed by atoms with Crippen molar-refractivity contribution in [3.8, 4) is 0 Å². The van der Waals surface area contributed by atoms with E-state index in [1.807, 2.05) is 6.92 Å². The molecule has 4 heteroatoms. The molecule has 0 heterocycles. The van der Waals surface area contributed by atoms with Crippen LogP contribution in [-0.4, -0.2) is 23.9 Å². The van der Waals surface area contributed by atoms with Gasteiger partial charge in [-0.15, -0.1) is 0 Å². The fourth-order valence-corrected chi connectivity index (χ4v) is 1.45. The van der Waals surface area contributed by atoms with Crippen molar-refractivity contribution in [3.05, 3.63) is 35.4 Å². The summed E-state index contributed by atoms with van der Waals surface area (Å²) in [4.78, 5) is 0. The number of hydrogen-bond acceptors (Lipinski definition) is 2. The quantitative estimate of drug-likeness (QED) is 0.841. The van der Waals surface area contributed by atoms with E-state index in [-0.39, 0.29) is 18.6 Å². The molecule has 0 aromatic heterocycles. The van der Waals surface area contributed by atoms with Gasteiger partial charge in [-0.1, -0.05) is 6.07 Å². The number of hydrogen-bond donors (Lipinski definition) is 1. The van der Waals surface area contributed by atoms with Gasteiger partial charge in [-0.05, 0) is 25.5 Å². The predicted molar refractivity (Wildman–Crippen MR) is 57.2 cm³/mol. The van der Waals surface area contributed by atoms with Gasteiger partial charge in [0.2, 0.25) is 0 Å². The minimum atomic E-state index is -1.14. The van der Waals surface area contributed by atoms with Crippen LogP contribution in [0.15, 0.2) is 18.2 Å². The lowest BCUT2D eigenvalue weighted by Crippen LogP contribution is -2.33. The lowest BCUT2D eigenvalue weighted by molar-refractivity contribution is -0.0301. The molecule has 1 aromatic carbocycles. The lowest BCUT2D eigenvalue weighted by Gasteiger charge is -2.23. The molecular formula is C12H16F2O2. The molecule has 0 bridgehead atoms. The molecule has 2 nitrogen and oxygen atoms in total. The van der Waals surface area contributed by atoms with Crippen LogP contribution in [0.1, 0.15) is 19.4 Å². The van der Waals surface area contributed by atoms with Crippen molar-refractivity contribution in [1.82, 2.24) is 0 Å². The average molecular weight is 230 g/mol. The van der Waals surface area contributed by atoms with E-state index in [4.69, 9.17) is 4.74 Å². The number of benzene rings is 1. The van der Waals surface area contributed by atoms with Crippen molar-refractivity contribution in [2.75, 3.05) is 13.2 Å². The largest absolute Gasteiger partial charge is 0.387 e. The highest BCUT2D eigenvalue weighted by Crippen LogP contribution is 2.17. The van der Waals surface area contributed by atoms with Crippen molar-refractivity contribution in [3.63, 3.8) is 0 Å². The first-order valence-corrected chi connectivity index (χ1v) is 5.18. The highest BCUT2D eigenvalue weighted by Gasteiger charge is 2.22. The molecule has 0 saturated heterocycles. The molecule has 0 aliphatic carbocycles. The predicted octanol–water partition coefficient (Wildman–Crippen LogP) is 2.29. The highest BCUT2D eigenvalue weighted by molar-refractivity contribution is 5.20. The Morgan fingerprint density at radius 1 is 1.38 bits per heavy atom. The number of aliphatic hydroxyl groups is 1. The Kier molecular flexibility index (Phi) is 4.38. The van der Waals surface area contributed by atoms with Crippen LogP contribution in [-0.2, 0) is 11.2 Å². The van der Waals surface area contributed by atoms with E-state index in [9.17, 15) is 13.9 Å². The highest BCUT2D eigenvalue weighted by atomic mass is 19.1. The van der Waals surface area contributed by atoms with Gasteiger partial charge in [0.05, 0.1) is 12.2 Å². The smallest absolute Gasteiger partial charge is 0.129 e. The second-order valence-electron chi connectivity index (χ2n) is 4.05. The van der Waals surface area contributed by atoms with Crippen LogP contribution in [0.2, 0.25) is 0 Å². The molecule has 0 aliphatic rings. The molecule has 0 radical (unpaired) electrons. The summed E-state index contributed by atoms with van der Waals surface area (Å²) in [5.74, 6) is -1.26. The van der Waals surface area contributed by atoms with Crippen molar-refractivity contribution >= 4 is 0 Å². The van der Waals surface area contributed by atoms with Crippen LogP contribution in [0, 0.1) is 11.6 Å². The molecule has 0 saturated carbocycles. The molecule has 0 amide bonds. The molecule has 0 aliphatic heterocycles. The Morgan fingerprint density at radius 2 is 2.06 bits per heavy atom. The van der Waals surface area contributed by atoms with Crippen molar-refractivity contribution in [2.24, 2.45) is 0 Å². The van der Waals surface area contributed by atoms with Crippen molar-refractivity contribution < 1.29 is 18.6 Å². The van der Waals surface area contributed by atoms with E-state index in [1.54, 1.807) is 6.92 Å². The molecule has 1 aromatic rings. The molecule has 1 N–H and O–H groups in total. The Balaban J connectivity index is 2.71. The van der Waals surface area contributed by atoms with E-state index >= 15 is 0 Å². The first kappa shape index (κ1) is 13.1. The number of rotatable bonds is 5. The molecule has 0 fully saturated rings. The topological polar surface area (TPSA) is 29.5 Å². The average Bonchev–Trinajstić information content (AvgIpc) is 2.19. The maximum atomic E-state index is 13.3. The van der Waals surface area contributed by atoms with Gasteiger partial charge in [0.1, 0.15) is 11.6 Å². The molecule has 0 spiro atoms. The summed E-state index contributed by atoms with van der Waals surface area (Å²) >= 11 is 0. The first-order valence-electron chi connectivity index (χ1n) is 5.18. The Morgan fingerprint density at radius 3 is 2.62 bits per heavy atom. The SMILES string of the molecule is CCOCC(C)(O)Cc1ccc(F)cc1F. The molecule has 1 unspecified atom stereocenters. The minimum Gasteiger partial charge on any atom is -0.387 e. The molecular weight excluding hydrogens is 214 g/mol. The molecule has 90 valence electrons. The van der Waals surface area contributed by atoms with Gasteiger partial charge in [0, 0.05) is 19.1 Å². The van der Waals surface area contributed by atoms with Gasteiger partial charge in [-0.2, -0.15) is 0 Å². The Labute approximate surface area is 93.9 Å². The molecule has 1 rings (SSSR count).